The second-order valence-corrected chi connectivity index (χ2v) is 6.37. The van der Waals surface area contributed by atoms with Crippen LogP contribution in [0.2, 0.25) is 0 Å². The zero-order valence-corrected chi connectivity index (χ0v) is 16.7. The Morgan fingerprint density at radius 3 is 2.21 bits per heavy atom. The lowest BCUT2D eigenvalue weighted by Crippen LogP contribution is -2.38. The van der Waals surface area contributed by atoms with Crippen LogP contribution < -0.4 is 14.2 Å². The van der Waals surface area contributed by atoms with Gasteiger partial charge in [0.2, 0.25) is 5.75 Å². The Morgan fingerprint density at radius 2 is 1.66 bits per heavy atom. The van der Waals surface area contributed by atoms with Gasteiger partial charge in [0.15, 0.2) is 11.5 Å². The van der Waals surface area contributed by atoms with E-state index in [-0.39, 0.29) is 11.8 Å². The van der Waals surface area contributed by atoms with E-state index < -0.39 is 0 Å². The Kier molecular flexibility index (Phi) is 6.34. The van der Waals surface area contributed by atoms with Gasteiger partial charge in [0.1, 0.15) is 0 Å². The zero-order chi connectivity index (χ0) is 20.8. The molecule has 1 heterocycles. The molecule has 0 fully saturated rings. The molecule has 0 aromatic heterocycles. The van der Waals surface area contributed by atoms with E-state index in [1.54, 1.807) is 24.3 Å². The molecule has 0 saturated heterocycles. The maximum absolute atomic E-state index is 13.3. The maximum Gasteiger partial charge on any atom is 0.261 e. The Balaban J connectivity index is 2.12. The molecular formula is C23H23NO5. The quantitative estimate of drug-likeness (QED) is 0.555. The summed E-state index contributed by atoms with van der Waals surface area (Å²) in [6, 6.07) is 12.8. The van der Waals surface area contributed by atoms with Crippen LogP contribution in [0.4, 0.5) is 0 Å². The van der Waals surface area contributed by atoms with Crippen molar-refractivity contribution in [3.05, 3.63) is 65.7 Å². The molecule has 0 saturated carbocycles. The summed E-state index contributed by atoms with van der Waals surface area (Å²) in [5.74, 6) is 0.772. The molecule has 3 rings (SSSR count). The third-order valence-corrected chi connectivity index (χ3v) is 4.60. The third kappa shape index (κ3) is 4.32. The zero-order valence-electron chi connectivity index (χ0n) is 16.7. The molecule has 29 heavy (non-hydrogen) atoms. The summed E-state index contributed by atoms with van der Waals surface area (Å²) < 4.78 is 16.2. The van der Waals surface area contributed by atoms with Gasteiger partial charge in [0, 0.05) is 12.1 Å². The number of nitrogens with zero attached hydrogens (tertiary/aromatic N) is 1. The molecule has 6 nitrogen and oxygen atoms in total. The minimum absolute atomic E-state index is 0.312. The highest BCUT2D eigenvalue weighted by atomic mass is 16.5. The van der Waals surface area contributed by atoms with Gasteiger partial charge in [0.25, 0.3) is 11.8 Å². The molecule has 0 aliphatic carbocycles. The van der Waals surface area contributed by atoms with E-state index in [4.69, 9.17) is 14.2 Å². The standard InChI is InChI=1S/C23H23NO5/c1-27-19-14-16(15-20(28-2)22(19)29-3)13-18(17-9-5-4-6-10-17)23(26)24-12-8-7-11-21(24)25/h4-7,9-11,13-15H,8,12H2,1-3H3/b18-13+. The summed E-state index contributed by atoms with van der Waals surface area (Å²) in [6.45, 7) is 0.355. The lowest BCUT2D eigenvalue weighted by atomic mass is 10.00. The van der Waals surface area contributed by atoms with Gasteiger partial charge in [-0.2, -0.15) is 0 Å². The highest BCUT2D eigenvalue weighted by Gasteiger charge is 2.25. The highest BCUT2D eigenvalue weighted by Crippen LogP contribution is 2.39. The predicted molar refractivity (Wildman–Crippen MR) is 111 cm³/mol. The van der Waals surface area contributed by atoms with E-state index in [0.717, 1.165) is 0 Å². The van der Waals surface area contributed by atoms with Gasteiger partial charge in [-0.3, -0.25) is 14.5 Å². The smallest absolute Gasteiger partial charge is 0.261 e. The Morgan fingerprint density at radius 1 is 1.00 bits per heavy atom. The van der Waals surface area contributed by atoms with E-state index in [9.17, 15) is 9.59 Å². The lowest BCUT2D eigenvalue weighted by Gasteiger charge is -2.23. The second kappa shape index (κ2) is 9.10. The number of ether oxygens (including phenoxy) is 3. The largest absolute Gasteiger partial charge is 0.493 e. The number of carbonyl (C=O) groups is 2. The van der Waals surface area contributed by atoms with Crippen molar-refractivity contribution in [2.75, 3.05) is 27.9 Å². The van der Waals surface area contributed by atoms with Gasteiger partial charge in [-0.1, -0.05) is 36.4 Å². The molecule has 2 amide bonds. The summed E-state index contributed by atoms with van der Waals surface area (Å²) in [7, 11) is 4.60. The monoisotopic (exact) mass is 393 g/mol. The first-order chi connectivity index (χ1) is 14.1. The molecule has 1 aliphatic rings. The van der Waals surface area contributed by atoms with Crippen LogP contribution >= 0.6 is 0 Å². The molecule has 150 valence electrons. The van der Waals surface area contributed by atoms with Gasteiger partial charge in [-0.05, 0) is 41.8 Å². The van der Waals surface area contributed by atoms with Crippen LogP contribution in [0.3, 0.4) is 0 Å². The normalized spacial score (nSPS) is 14.0. The van der Waals surface area contributed by atoms with Crippen molar-refractivity contribution in [2.45, 2.75) is 6.42 Å². The summed E-state index contributed by atoms with van der Waals surface area (Å²) in [6.07, 6.45) is 5.58. The van der Waals surface area contributed by atoms with Crippen LogP contribution in [0, 0.1) is 0 Å². The van der Waals surface area contributed by atoms with Crippen LogP contribution in [0.15, 0.2) is 54.6 Å². The van der Waals surface area contributed by atoms with Gasteiger partial charge in [-0.15, -0.1) is 0 Å². The fourth-order valence-corrected chi connectivity index (χ4v) is 3.17. The summed E-state index contributed by atoms with van der Waals surface area (Å²) in [5, 5.41) is 0. The van der Waals surface area contributed by atoms with Crippen LogP contribution in [0.5, 0.6) is 17.2 Å². The summed E-state index contributed by atoms with van der Waals surface area (Å²) >= 11 is 0. The fourth-order valence-electron chi connectivity index (χ4n) is 3.17. The van der Waals surface area contributed by atoms with Crippen molar-refractivity contribution in [1.29, 1.82) is 0 Å². The molecular weight excluding hydrogens is 370 g/mol. The van der Waals surface area contributed by atoms with Crippen molar-refractivity contribution in [3.8, 4) is 17.2 Å². The number of carbonyl (C=O) groups excluding carboxylic acids is 2. The van der Waals surface area contributed by atoms with Gasteiger partial charge >= 0.3 is 0 Å². The first kappa shape index (κ1) is 20.2. The Hall–Kier alpha value is -3.54. The summed E-state index contributed by atoms with van der Waals surface area (Å²) in [4.78, 5) is 26.8. The molecule has 1 aliphatic heterocycles. The van der Waals surface area contributed by atoms with Crippen LogP contribution in [-0.4, -0.2) is 44.6 Å². The first-order valence-corrected chi connectivity index (χ1v) is 9.18. The van der Waals surface area contributed by atoms with Crippen molar-refractivity contribution < 1.29 is 23.8 Å². The van der Waals surface area contributed by atoms with Crippen molar-refractivity contribution in [2.24, 2.45) is 0 Å². The SMILES string of the molecule is COc1cc(/C=C(/C(=O)N2CCC=CC2=O)c2ccccc2)cc(OC)c1OC. The number of hydrogen-bond acceptors (Lipinski definition) is 5. The molecule has 0 bridgehead atoms. The van der Waals surface area contributed by atoms with Crippen molar-refractivity contribution >= 4 is 23.5 Å². The van der Waals surface area contributed by atoms with Crippen molar-refractivity contribution in [1.82, 2.24) is 4.90 Å². The van der Waals surface area contributed by atoms with Crippen molar-refractivity contribution in [3.63, 3.8) is 0 Å². The topological polar surface area (TPSA) is 65.1 Å². The van der Waals surface area contributed by atoms with Gasteiger partial charge < -0.3 is 14.2 Å². The van der Waals surface area contributed by atoms with E-state index >= 15 is 0 Å². The molecule has 0 N–H and O–H groups in total. The highest BCUT2D eigenvalue weighted by molar-refractivity contribution is 6.28. The lowest BCUT2D eigenvalue weighted by molar-refractivity contribution is -0.138. The Bertz CT molecular complexity index is 937. The number of benzene rings is 2. The molecule has 0 atom stereocenters. The van der Waals surface area contributed by atoms with Crippen LogP contribution in [-0.2, 0) is 9.59 Å². The molecule has 2 aromatic carbocycles. The number of imide groups is 1. The minimum Gasteiger partial charge on any atom is -0.493 e. The molecule has 0 radical (unpaired) electrons. The Labute approximate surface area is 170 Å². The first-order valence-electron chi connectivity index (χ1n) is 9.18. The summed E-state index contributed by atoms with van der Waals surface area (Å²) in [5.41, 5.74) is 1.81. The minimum atomic E-state index is -0.348. The van der Waals surface area contributed by atoms with Crippen LogP contribution in [0.25, 0.3) is 11.6 Å². The predicted octanol–water partition coefficient (Wildman–Crippen LogP) is 3.57. The van der Waals surface area contributed by atoms with E-state index in [2.05, 4.69) is 0 Å². The second-order valence-electron chi connectivity index (χ2n) is 6.37. The van der Waals surface area contributed by atoms with Gasteiger partial charge in [-0.25, -0.2) is 0 Å². The maximum atomic E-state index is 13.3. The van der Waals surface area contributed by atoms with E-state index in [1.807, 2.05) is 30.3 Å². The van der Waals surface area contributed by atoms with E-state index in [1.165, 1.54) is 32.3 Å². The number of rotatable bonds is 6. The third-order valence-electron chi connectivity index (χ3n) is 4.60. The molecule has 6 heteroatoms. The van der Waals surface area contributed by atoms with E-state index in [0.29, 0.717) is 46.9 Å². The number of amides is 2. The van der Waals surface area contributed by atoms with Gasteiger partial charge in [0.05, 0.1) is 21.3 Å². The van der Waals surface area contributed by atoms with Crippen LogP contribution in [0.1, 0.15) is 17.5 Å². The number of methoxy groups -OCH3 is 3. The molecule has 0 spiro atoms. The average molecular weight is 393 g/mol. The molecule has 0 unspecified atom stereocenters. The fraction of sp³-hybridized carbons (Fsp3) is 0.217. The average Bonchev–Trinajstić information content (AvgIpc) is 2.77. The number of hydrogen-bond donors (Lipinski definition) is 0. The molecule has 2 aromatic rings.